The zero-order valence-corrected chi connectivity index (χ0v) is 10.6. The van der Waals surface area contributed by atoms with Gasteiger partial charge in [0.25, 0.3) is 0 Å². The van der Waals surface area contributed by atoms with Crippen molar-refractivity contribution in [1.29, 1.82) is 0 Å². The highest BCUT2D eigenvalue weighted by Crippen LogP contribution is 2.32. The lowest BCUT2D eigenvalue weighted by atomic mass is 9.90. The number of hydrogen-bond donors (Lipinski definition) is 0. The van der Waals surface area contributed by atoms with Gasteiger partial charge in [0.1, 0.15) is 18.2 Å². The van der Waals surface area contributed by atoms with E-state index in [9.17, 15) is 4.39 Å². The molecule has 96 valence electrons. The van der Waals surface area contributed by atoms with E-state index < -0.39 is 0 Å². The summed E-state index contributed by atoms with van der Waals surface area (Å²) in [5.41, 5.74) is 2.88. The van der Waals surface area contributed by atoms with Gasteiger partial charge in [0.05, 0.1) is 0 Å². The molecular weight excluding hydrogens is 239 g/mol. The predicted molar refractivity (Wildman–Crippen MR) is 74.7 cm³/mol. The van der Waals surface area contributed by atoms with Crippen LogP contribution in [-0.4, -0.2) is 6.61 Å². The first-order valence-electron chi connectivity index (χ1n) is 6.48. The highest BCUT2D eigenvalue weighted by atomic mass is 19.1. The molecule has 0 aliphatic heterocycles. The van der Waals surface area contributed by atoms with Gasteiger partial charge < -0.3 is 4.74 Å². The molecule has 1 aliphatic carbocycles. The van der Waals surface area contributed by atoms with E-state index in [2.05, 4.69) is 6.07 Å². The fourth-order valence-electron chi connectivity index (χ4n) is 2.40. The van der Waals surface area contributed by atoms with Crippen molar-refractivity contribution in [3.05, 3.63) is 71.6 Å². The van der Waals surface area contributed by atoms with Crippen LogP contribution in [0.1, 0.15) is 17.5 Å². The molecule has 0 heterocycles. The van der Waals surface area contributed by atoms with Crippen LogP contribution in [-0.2, 0) is 6.42 Å². The Bertz CT molecular complexity index is 602. The average Bonchev–Trinajstić information content (AvgIpc) is 2.47. The summed E-state index contributed by atoms with van der Waals surface area (Å²) in [6, 6.07) is 17.5. The molecule has 0 spiro atoms. The van der Waals surface area contributed by atoms with Crippen molar-refractivity contribution in [2.24, 2.45) is 0 Å². The third-order valence-corrected chi connectivity index (χ3v) is 3.41. The lowest BCUT2D eigenvalue weighted by Gasteiger charge is -2.19. The summed E-state index contributed by atoms with van der Waals surface area (Å²) in [4.78, 5) is 0. The van der Waals surface area contributed by atoms with E-state index >= 15 is 0 Å². The van der Waals surface area contributed by atoms with Crippen LogP contribution in [0.3, 0.4) is 0 Å². The quantitative estimate of drug-likeness (QED) is 0.789. The molecule has 19 heavy (non-hydrogen) atoms. The van der Waals surface area contributed by atoms with Crippen molar-refractivity contribution in [2.75, 3.05) is 6.61 Å². The molecule has 3 rings (SSSR count). The molecule has 0 N–H and O–H groups in total. The second-order valence-corrected chi connectivity index (χ2v) is 4.64. The highest BCUT2D eigenvalue weighted by molar-refractivity contribution is 5.72. The maximum atomic E-state index is 14.0. The van der Waals surface area contributed by atoms with Gasteiger partial charge in [-0.15, -0.1) is 0 Å². The first kappa shape index (κ1) is 12.0. The van der Waals surface area contributed by atoms with Crippen LogP contribution in [0.5, 0.6) is 5.75 Å². The first-order valence-corrected chi connectivity index (χ1v) is 6.48. The Morgan fingerprint density at radius 3 is 2.47 bits per heavy atom. The summed E-state index contributed by atoms with van der Waals surface area (Å²) < 4.78 is 19.7. The number of halogens is 1. The number of hydrogen-bond acceptors (Lipinski definition) is 1. The Kier molecular flexibility index (Phi) is 3.32. The molecule has 0 bridgehead atoms. The Hall–Kier alpha value is -2.09. The van der Waals surface area contributed by atoms with Gasteiger partial charge in [-0.1, -0.05) is 42.5 Å². The third-order valence-electron chi connectivity index (χ3n) is 3.41. The molecule has 2 aromatic carbocycles. The van der Waals surface area contributed by atoms with E-state index in [-0.39, 0.29) is 12.4 Å². The molecule has 0 radical (unpaired) electrons. The van der Waals surface area contributed by atoms with Crippen molar-refractivity contribution in [3.8, 4) is 5.75 Å². The molecule has 1 aliphatic rings. The van der Waals surface area contributed by atoms with Crippen LogP contribution in [0.2, 0.25) is 0 Å². The number of rotatable bonds is 3. The summed E-state index contributed by atoms with van der Waals surface area (Å²) >= 11 is 0. The highest BCUT2D eigenvalue weighted by Gasteiger charge is 2.19. The predicted octanol–water partition coefficient (Wildman–Crippen LogP) is 4.39. The SMILES string of the molecule is FC1=C(COc2ccccc2)c2ccccc2CC1. The molecule has 0 atom stereocenters. The van der Waals surface area contributed by atoms with Crippen molar-refractivity contribution >= 4 is 5.57 Å². The molecule has 0 fully saturated rings. The summed E-state index contributed by atoms with van der Waals surface area (Å²) in [6.45, 7) is 0.285. The summed E-state index contributed by atoms with van der Waals surface area (Å²) in [5, 5.41) is 0. The fraction of sp³-hybridized carbons (Fsp3) is 0.176. The van der Waals surface area contributed by atoms with Crippen LogP contribution < -0.4 is 4.74 Å². The van der Waals surface area contributed by atoms with Crippen LogP contribution in [0.4, 0.5) is 4.39 Å². The standard InChI is InChI=1S/C17H15FO/c18-17-11-10-13-6-4-5-9-15(13)16(17)12-19-14-7-2-1-3-8-14/h1-9H,10-12H2. The second-order valence-electron chi connectivity index (χ2n) is 4.64. The lowest BCUT2D eigenvalue weighted by Crippen LogP contribution is -2.09. The summed E-state index contributed by atoms with van der Waals surface area (Å²) in [5.74, 6) is 0.723. The van der Waals surface area contributed by atoms with Crippen LogP contribution in [0.25, 0.3) is 5.57 Å². The van der Waals surface area contributed by atoms with Gasteiger partial charge in [0.15, 0.2) is 0 Å². The number of allylic oxidation sites excluding steroid dienone is 1. The van der Waals surface area contributed by atoms with Gasteiger partial charge in [-0.3, -0.25) is 0 Å². The summed E-state index contributed by atoms with van der Waals surface area (Å²) in [7, 11) is 0. The van der Waals surface area contributed by atoms with Gasteiger partial charge in [0, 0.05) is 12.0 Å². The van der Waals surface area contributed by atoms with E-state index in [1.807, 2.05) is 48.5 Å². The van der Waals surface area contributed by atoms with Gasteiger partial charge in [-0.05, 0) is 29.7 Å². The second kappa shape index (κ2) is 5.27. The molecule has 0 unspecified atom stereocenters. The topological polar surface area (TPSA) is 9.23 Å². The minimum Gasteiger partial charge on any atom is -0.489 e. The third kappa shape index (κ3) is 2.53. The number of benzene rings is 2. The molecule has 0 aromatic heterocycles. The fourth-order valence-corrected chi connectivity index (χ4v) is 2.40. The van der Waals surface area contributed by atoms with Crippen molar-refractivity contribution in [1.82, 2.24) is 0 Å². The smallest absolute Gasteiger partial charge is 0.119 e. The Morgan fingerprint density at radius 1 is 0.895 bits per heavy atom. The van der Waals surface area contributed by atoms with Gasteiger partial charge >= 0.3 is 0 Å². The van der Waals surface area contributed by atoms with Gasteiger partial charge in [-0.2, -0.15) is 0 Å². The van der Waals surface area contributed by atoms with E-state index in [1.54, 1.807) is 0 Å². The zero-order valence-electron chi connectivity index (χ0n) is 10.6. The van der Waals surface area contributed by atoms with Crippen LogP contribution in [0, 0.1) is 0 Å². The van der Waals surface area contributed by atoms with Crippen molar-refractivity contribution in [3.63, 3.8) is 0 Å². The largest absolute Gasteiger partial charge is 0.489 e. The van der Waals surface area contributed by atoms with E-state index in [4.69, 9.17) is 4.74 Å². The number of fused-ring (bicyclic) bond motifs is 1. The van der Waals surface area contributed by atoms with E-state index in [0.29, 0.717) is 12.0 Å². The molecule has 0 saturated heterocycles. The maximum Gasteiger partial charge on any atom is 0.119 e. The molecule has 0 saturated carbocycles. The Labute approximate surface area is 112 Å². The Balaban J connectivity index is 1.83. The van der Waals surface area contributed by atoms with Gasteiger partial charge in [0.2, 0.25) is 0 Å². The minimum absolute atomic E-state index is 0.0466. The molecule has 1 nitrogen and oxygen atoms in total. The monoisotopic (exact) mass is 254 g/mol. The first-order chi connectivity index (χ1) is 9.34. The number of aryl methyl sites for hydroxylation is 1. The molecule has 2 aromatic rings. The van der Waals surface area contributed by atoms with E-state index in [1.165, 1.54) is 5.56 Å². The summed E-state index contributed by atoms with van der Waals surface area (Å²) in [6.07, 6.45) is 1.25. The minimum atomic E-state index is -0.0466. The van der Waals surface area contributed by atoms with Crippen LogP contribution in [0.15, 0.2) is 60.4 Å². The van der Waals surface area contributed by atoms with Gasteiger partial charge in [-0.25, -0.2) is 4.39 Å². The number of para-hydroxylation sites is 1. The van der Waals surface area contributed by atoms with E-state index in [0.717, 1.165) is 17.7 Å². The zero-order chi connectivity index (χ0) is 13.1. The molecular formula is C17H15FO. The number of ether oxygens (including phenoxy) is 1. The van der Waals surface area contributed by atoms with Crippen molar-refractivity contribution < 1.29 is 9.13 Å². The van der Waals surface area contributed by atoms with Crippen LogP contribution >= 0.6 is 0 Å². The maximum absolute atomic E-state index is 14.0. The lowest BCUT2D eigenvalue weighted by molar-refractivity contribution is 0.365. The molecule has 0 amide bonds. The van der Waals surface area contributed by atoms with Crippen molar-refractivity contribution in [2.45, 2.75) is 12.8 Å². The Morgan fingerprint density at radius 2 is 1.63 bits per heavy atom. The average molecular weight is 254 g/mol. The normalized spacial score (nSPS) is 14.2. The molecule has 2 heteroatoms.